The molecule has 0 aliphatic heterocycles. The van der Waals surface area contributed by atoms with Crippen molar-refractivity contribution in [3.8, 4) is 5.75 Å². The molecule has 2 aromatic carbocycles. The normalized spacial score (nSPS) is 11.1. The highest BCUT2D eigenvalue weighted by molar-refractivity contribution is 7.99. The molecule has 0 amide bonds. The van der Waals surface area contributed by atoms with Crippen molar-refractivity contribution in [3.05, 3.63) is 54.1 Å². The lowest BCUT2D eigenvalue weighted by Gasteiger charge is -2.11. The molecule has 3 aromatic rings. The standard InChI is InChI=1S/C21H24N2O3S/c1-15(2)26-20(24)14-23-19-7-5-4-6-18(19)22-21(23)27-13-12-25-17-10-8-16(3)9-11-17/h4-11,15H,12-14H2,1-3H3. The van der Waals surface area contributed by atoms with Gasteiger partial charge in [-0.3, -0.25) is 4.79 Å². The maximum Gasteiger partial charge on any atom is 0.326 e. The first-order valence-electron chi connectivity index (χ1n) is 9.00. The molecule has 0 fully saturated rings. The first-order chi connectivity index (χ1) is 13.0. The zero-order valence-corrected chi connectivity index (χ0v) is 16.7. The van der Waals surface area contributed by atoms with Gasteiger partial charge in [-0.2, -0.15) is 0 Å². The number of nitrogens with zero attached hydrogens (tertiary/aromatic N) is 2. The lowest BCUT2D eigenvalue weighted by Crippen LogP contribution is -2.18. The highest BCUT2D eigenvalue weighted by Gasteiger charge is 2.15. The van der Waals surface area contributed by atoms with Crippen molar-refractivity contribution in [2.24, 2.45) is 0 Å². The highest BCUT2D eigenvalue weighted by atomic mass is 32.2. The minimum Gasteiger partial charge on any atom is -0.493 e. The Kier molecular flexibility index (Phi) is 6.40. The number of thioether (sulfide) groups is 1. The summed E-state index contributed by atoms with van der Waals surface area (Å²) in [6, 6.07) is 15.8. The molecule has 0 spiro atoms. The zero-order valence-electron chi connectivity index (χ0n) is 15.8. The second-order valence-electron chi connectivity index (χ2n) is 6.52. The van der Waals surface area contributed by atoms with E-state index in [1.807, 2.05) is 66.9 Å². The van der Waals surface area contributed by atoms with Crippen LogP contribution < -0.4 is 4.74 Å². The number of aryl methyl sites for hydroxylation is 1. The Morgan fingerprint density at radius 1 is 1.15 bits per heavy atom. The van der Waals surface area contributed by atoms with E-state index in [-0.39, 0.29) is 18.6 Å². The van der Waals surface area contributed by atoms with Crippen molar-refractivity contribution >= 4 is 28.8 Å². The van der Waals surface area contributed by atoms with Crippen LogP contribution in [0.15, 0.2) is 53.7 Å². The van der Waals surface area contributed by atoms with E-state index in [0.717, 1.165) is 27.7 Å². The quantitative estimate of drug-likeness (QED) is 0.326. The van der Waals surface area contributed by atoms with Crippen molar-refractivity contribution in [2.45, 2.75) is 38.6 Å². The van der Waals surface area contributed by atoms with Crippen LogP contribution >= 0.6 is 11.8 Å². The van der Waals surface area contributed by atoms with Gasteiger partial charge in [0, 0.05) is 5.75 Å². The highest BCUT2D eigenvalue weighted by Crippen LogP contribution is 2.24. The largest absolute Gasteiger partial charge is 0.493 e. The number of ether oxygens (including phenoxy) is 2. The maximum absolute atomic E-state index is 12.2. The van der Waals surface area contributed by atoms with E-state index in [9.17, 15) is 4.79 Å². The van der Waals surface area contributed by atoms with Crippen LogP contribution in [0.5, 0.6) is 5.75 Å². The van der Waals surface area contributed by atoms with Gasteiger partial charge in [-0.25, -0.2) is 4.98 Å². The number of rotatable bonds is 8. The molecular formula is C21H24N2O3S. The molecular weight excluding hydrogens is 360 g/mol. The van der Waals surface area contributed by atoms with Gasteiger partial charge >= 0.3 is 5.97 Å². The lowest BCUT2D eigenvalue weighted by molar-refractivity contribution is -0.148. The van der Waals surface area contributed by atoms with Gasteiger partial charge in [0.2, 0.25) is 0 Å². The second kappa shape index (κ2) is 8.95. The Labute approximate surface area is 163 Å². The summed E-state index contributed by atoms with van der Waals surface area (Å²) < 4.78 is 13.0. The molecule has 0 saturated heterocycles. The fraction of sp³-hybridized carbons (Fsp3) is 0.333. The SMILES string of the molecule is Cc1ccc(OCCSc2nc3ccccc3n2CC(=O)OC(C)C)cc1. The van der Waals surface area contributed by atoms with Crippen LogP contribution in [0.3, 0.4) is 0 Å². The lowest BCUT2D eigenvalue weighted by atomic mass is 10.2. The molecule has 0 unspecified atom stereocenters. The summed E-state index contributed by atoms with van der Waals surface area (Å²) >= 11 is 1.58. The summed E-state index contributed by atoms with van der Waals surface area (Å²) in [5.41, 5.74) is 3.01. The number of imidazole rings is 1. The number of para-hydroxylation sites is 2. The smallest absolute Gasteiger partial charge is 0.326 e. The fourth-order valence-corrected chi connectivity index (χ4v) is 3.50. The molecule has 0 aliphatic carbocycles. The third-order valence-corrected chi connectivity index (χ3v) is 4.82. The van der Waals surface area contributed by atoms with Crippen LogP contribution in [-0.2, 0) is 16.1 Å². The molecule has 3 rings (SSSR count). The number of esters is 1. The van der Waals surface area contributed by atoms with Gasteiger partial charge in [0.05, 0.1) is 23.7 Å². The van der Waals surface area contributed by atoms with E-state index >= 15 is 0 Å². The monoisotopic (exact) mass is 384 g/mol. The summed E-state index contributed by atoms with van der Waals surface area (Å²) in [7, 11) is 0. The summed E-state index contributed by atoms with van der Waals surface area (Å²) in [6.07, 6.45) is -0.133. The molecule has 0 aliphatic rings. The van der Waals surface area contributed by atoms with Crippen molar-refractivity contribution in [1.29, 1.82) is 0 Å². The van der Waals surface area contributed by atoms with E-state index in [1.54, 1.807) is 11.8 Å². The first-order valence-corrected chi connectivity index (χ1v) is 9.98. The Morgan fingerprint density at radius 3 is 2.63 bits per heavy atom. The van der Waals surface area contributed by atoms with Crippen LogP contribution in [0.2, 0.25) is 0 Å². The van der Waals surface area contributed by atoms with Crippen LogP contribution in [-0.4, -0.2) is 34.0 Å². The number of hydrogen-bond acceptors (Lipinski definition) is 5. The Bertz CT molecular complexity index is 903. The summed E-state index contributed by atoms with van der Waals surface area (Å²) in [5, 5.41) is 0.796. The van der Waals surface area contributed by atoms with E-state index in [1.165, 1.54) is 5.56 Å². The zero-order chi connectivity index (χ0) is 19.2. The molecule has 0 atom stereocenters. The van der Waals surface area contributed by atoms with Crippen LogP contribution in [0.25, 0.3) is 11.0 Å². The van der Waals surface area contributed by atoms with E-state index < -0.39 is 0 Å². The molecule has 27 heavy (non-hydrogen) atoms. The van der Waals surface area contributed by atoms with Gasteiger partial charge in [-0.15, -0.1) is 0 Å². The molecule has 0 radical (unpaired) electrons. The van der Waals surface area contributed by atoms with Gasteiger partial charge in [0.25, 0.3) is 0 Å². The predicted molar refractivity (Wildman–Crippen MR) is 108 cm³/mol. The minimum atomic E-state index is -0.258. The molecule has 1 heterocycles. The predicted octanol–water partition coefficient (Wildman–Crippen LogP) is 4.47. The number of fused-ring (bicyclic) bond motifs is 1. The number of benzene rings is 2. The van der Waals surface area contributed by atoms with Crippen molar-refractivity contribution in [2.75, 3.05) is 12.4 Å². The third-order valence-electron chi connectivity index (χ3n) is 3.88. The summed E-state index contributed by atoms with van der Waals surface area (Å²) in [6.45, 7) is 6.46. The van der Waals surface area contributed by atoms with Crippen LogP contribution in [0, 0.1) is 6.92 Å². The molecule has 1 aromatic heterocycles. The number of carbonyl (C=O) groups is 1. The molecule has 0 bridgehead atoms. The molecule has 142 valence electrons. The van der Waals surface area contributed by atoms with E-state index in [2.05, 4.69) is 11.9 Å². The van der Waals surface area contributed by atoms with Gasteiger partial charge in [-0.05, 0) is 45.0 Å². The van der Waals surface area contributed by atoms with Crippen molar-refractivity contribution in [1.82, 2.24) is 9.55 Å². The Hall–Kier alpha value is -2.47. The second-order valence-corrected chi connectivity index (χ2v) is 7.58. The third kappa shape index (κ3) is 5.26. The van der Waals surface area contributed by atoms with E-state index in [0.29, 0.717) is 6.61 Å². The molecule has 0 saturated carbocycles. The molecule has 5 nitrogen and oxygen atoms in total. The average Bonchev–Trinajstić information content (AvgIpc) is 2.97. The summed E-state index contributed by atoms with van der Waals surface area (Å²) in [4.78, 5) is 16.8. The van der Waals surface area contributed by atoms with Crippen LogP contribution in [0.1, 0.15) is 19.4 Å². The Balaban J connectivity index is 1.66. The summed E-state index contributed by atoms with van der Waals surface area (Å²) in [5.74, 6) is 1.33. The van der Waals surface area contributed by atoms with Crippen LogP contribution in [0.4, 0.5) is 0 Å². The first kappa shape index (κ1) is 19.3. The molecule has 6 heteroatoms. The average molecular weight is 385 g/mol. The Morgan fingerprint density at radius 2 is 1.89 bits per heavy atom. The number of hydrogen-bond donors (Lipinski definition) is 0. The van der Waals surface area contributed by atoms with Crippen molar-refractivity contribution < 1.29 is 14.3 Å². The van der Waals surface area contributed by atoms with Gasteiger partial charge in [0.1, 0.15) is 12.3 Å². The fourth-order valence-electron chi connectivity index (χ4n) is 2.67. The molecule has 0 N–H and O–H groups in total. The number of aromatic nitrogens is 2. The maximum atomic E-state index is 12.2. The van der Waals surface area contributed by atoms with E-state index in [4.69, 9.17) is 9.47 Å². The minimum absolute atomic E-state index is 0.133. The van der Waals surface area contributed by atoms with Gasteiger partial charge < -0.3 is 14.0 Å². The number of carbonyl (C=O) groups excluding carboxylic acids is 1. The van der Waals surface area contributed by atoms with Gasteiger partial charge in [0.15, 0.2) is 5.16 Å². The van der Waals surface area contributed by atoms with Crippen molar-refractivity contribution in [3.63, 3.8) is 0 Å². The van der Waals surface area contributed by atoms with Gasteiger partial charge in [-0.1, -0.05) is 41.6 Å². The topological polar surface area (TPSA) is 53.4 Å².